The van der Waals surface area contributed by atoms with E-state index in [0.717, 1.165) is 12.3 Å². The van der Waals surface area contributed by atoms with E-state index in [1.54, 1.807) is 14.2 Å². The minimum Gasteiger partial charge on any atom is -0.349 e. The molecule has 0 spiro atoms. The van der Waals surface area contributed by atoms with Gasteiger partial charge in [0.05, 0.1) is 12.2 Å². The molecule has 1 saturated heterocycles. The van der Waals surface area contributed by atoms with Gasteiger partial charge in [0.2, 0.25) is 11.6 Å². The van der Waals surface area contributed by atoms with Gasteiger partial charge in [0, 0.05) is 26.5 Å². The Bertz CT molecular complexity index is 1460. The maximum absolute atomic E-state index is 7.16. The number of aryl methyl sites for hydroxylation is 8. The molecule has 4 nitrogen and oxygen atoms in total. The molecule has 4 aromatic rings. The number of hydrogen-bond acceptors (Lipinski definition) is 4. The molecule has 4 aromatic carbocycles. The fraction of sp³-hybridized carbons (Fsp3) is 0.429. The molecular weight excluding hydrogens is 630 g/mol. The van der Waals surface area contributed by atoms with Crippen molar-refractivity contribution in [2.75, 3.05) is 26.5 Å². The smallest absolute Gasteiger partial charge is 0.220 e. The molecule has 5 rings (SSSR count). The largest absolute Gasteiger partial charge is 0.349 e. The summed E-state index contributed by atoms with van der Waals surface area (Å²) in [5.41, 5.74) is 10.2. The van der Waals surface area contributed by atoms with Gasteiger partial charge < -0.3 is 18.9 Å². The van der Waals surface area contributed by atoms with Crippen LogP contribution in [0.1, 0.15) is 58.4 Å². The van der Waals surface area contributed by atoms with E-state index in [4.69, 9.17) is 18.9 Å². The zero-order valence-electron chi connectivity index (χ0n) is 31.0. The topological polar surface area (TPSA) is 36.9 Å². The van der Waals surface area contributed by atoms with E-state index in [1.165, 1.54) is 65.7 Å². The van der Waals surface area contributed by atoms with Crippen LogP contribution in [0.25, 0.3) is 0 Å². The summed E-state index contributed by atoms with van der Waals surface area (Å²) in [5.74, 6) is -2.20. The monoisotopic (exact) mass is 684 g/mol. The highest BCUT2D eigenvalue weighted by atomic mass is 31.1. The molecule has 4 atom stereocenters. The van der Waals surface area contributed by atoms with Crippen LogP contribution < -0.4 is 21.2 Å². The maximum Gasteiger partial charge on any atom is 0.220 e. The Balaban J connectivity index is 1.66. The first-order valence-corrected chi connectivity index (χ1v) is 20.0. The van der Waals surface area contributed by atoms with Gasteiger partial charge in [0.15, 0.2) is 0 Å². The second kappa shape index (κ2) is 14.8. The molecule has 1 fully saturated rings. The van der Waals surface area contributed by atoms with Crippen LogP contribution >= 0.6 is 15.8 Å². The Labute approximate surface area is 292 Å². The van der Waals surface area contributed by atoms with Gasteiger partial charge in [-0.25, -0.2) is 0 Å². The lowest BCUT2D eigenvalue weighted by Crippen LogP contribution is -2.66. The zero-order chi connectivity index (χ0) is 35.0. The molecule has 1 heterocycles. The third kappa shape index (κ3) is 8.13. The number of rotatable bonds is 10. The predicted molar refractivity (Wildman–Crippen MR) is 206 cm³/mol. The Morgan fingerprint density at radius 3 is 0.833 bits per heavy atom. The molecule has 0 unspecified atom stereocenters. The predicted octanol–water partition coefficient (Wildman–Crippen LogP) is 8.23. The van der Waals surface area contributed by atoms with E-state index in [9.17, 15) is 0 Å². The van der Waals surface area contributed by atoms with Crippen molar-refractivity contribution in [3.8, 4) is 0 Å². The minimum atomic E-state index is -1.10. The van der Waals surface area contributed by atoms with E-state index >= 15 is 0 Å². The van der Waals surface area contributed by atoms with Crippen LogP contribution in [0.15, 0.2) is 72.8 Å². The number of methoxy groups -OCH3 is 2. The first-order valence-electron chi connectivity index (χ1n) is 17.0. The zero-order valence-corrected chi connectivity index (χ0v) is 32.8. The third-order valence-electron chi connectivity index (χ3n) is 9.57. The lowest BCUT2D eigenvalue weighted by atomic mass is 10.0. The first kappa shape index (κ1) is 36.9. The van der Waals surface area contributed by atoms with Gasteiger partial charge in [-0.3, -0.25) is 0 Å². The molecule has 0 aromatic heterocycles. The van der Waals surface area contributed by atoms with Crippen molar-refractivity contribution in [2.45, 2.75) is 93.0 Å². The molecule has 1 aliphatic rings. The second-order valence-electron chi connectivity index (χ2n) is 14.2. The van der Waals surface area contributed by atoms with E-state index < -0.39 is 27.4 Å². The Kier molecular flexibility index (Phi) is 11.4. The van der Waals surface area contributed by atoms with Gasteiger partial charge in [0.25, 0.3) is 0 Å². The Morgan fingerprint density at radius 1 is 0.438 bits per heavy atom. The van der Waals surface area contributed by atoms with Gasteiger partial charge in [-0.1, -0.05) is 117 Å². The van der Waals surface area contributed by atoms with Crippen molar-refractivity contribution in [1.82, 2.24) is 0 Å². The highest BCUT2D eigenvalue weighted by Gasteiger charge is 2.57. The normalized spacial score (nSPS) is 22.9. The highest BCUT2D eigenvalue weighted by molar-refractivity contribution is 7.73. The van der Waals surface area contributed by atoms with Crippen molar-refractivity contribution < 1.29 is 18.9 Å². The molecule has 0 amide bonds. The Morgan fingerprint density at radius 2 is 0.646 bits per heavy atom. The van der Waals surface area contributed by atoms with Crippen LogP contribution in [-0.4, -0.2) is 50.3 Å². The molecule has 1 aliphatic heterocycles. The van der Waals surface area contributed by atoms with E-state index in [1.807, 2.05) is 13.8 Å². The standard InChI is InChI=1S/C42H54O4P2/c1-27-13-28(2)18-35(17-27)47(36-19-29(3)14-30(4)20-36)25-39-40(46-42(10,44-12)41(9,43-11)45-39)26-48(37-21-31(5)15-32(6)22-37)38-23-33(7)16-34(8)24-38/h13-24,39-40H,25-26H2,1-12H3/t39-,40-,41+,42+/m0/s1. The number of ether oxygens (including phenoxy) is 4. The van der Waals surface area contributed by atoms with E-state index in [-0.39, 0.29) is 12.2 Å². The van der Waals surface area contributed by atoms with E-state index in [0.29, 0.717) is 0 Å². The molecule has 6 heteroatoms. The first-order chi connectivity index (χ1) is 22.6. The average molecular weight is 685 g/mol. The van der Waals surface area contributed by atoms with Gasteiger partial charge in [-0.05, 0) is 106 Å². The third-order valence-corrected chi connectivity index (χ3v) is 14.5. The lowest BCUT2D eigenvalue weighted by Gasteiger charge is -2.53. The number of hydrogen-bond donors (Lipinski definition) is 0. The minimum absolute atomic E-state index is 0.243. The molecule has 0 N–H and O–H groups in total. The van der Waals surface area contributed by atoms with Crippen molar-refractivity contribution in [1.29, 1.82) is 0 Å². The molecule has 0 radical (unpaired) electrons. The van der Waals surface area contributed by atoms with Crippen LogP contribution in [0, 0.1) is 55.4 Å². The molecule has 0 saturated carbocycles. The molecule has 0 bridgehead atoms. The van der Waals surface area contributed by atoms with Crippen LogP contribution in [0.5, 0.6) is 0 Å². The molecule has 48 heavy (non-hydrogen) atoms. The molecular formula is C42H54O4P2. The summed E-state index contributed by atoms with van der Waals surface area (Å²) in [7, 11) is 1.78. The summed E-state index contributed by atoms with van der Waals surface area (Å²) in [6, 6.07) is 27.9. The maximum atomic E-state index is 7.16. The van der Waals surface area contributed by atoms with Crippen molar-refractivity contribution in [3.05, 3.63) is 117 Å². The summed E-state index contributed by atoms with van der Waals surface area (Å²) < 4.78 is 26.5. The van der Waals surface area contributed by atoms with Gasteiger partial charge in [-0.2, -0.15) is 0 Å². The van der Waals surface area contributed by atoms with E-state index in [2.05, 4.69) is 128 Å². The van der Waals surface area contributed by atoms with Gasteiger partial charge in [-0.15, -0.1) is 0 Å². The number of benzene rings is 4. The van der Waals surface area contributed by atoms with Crippen LogP contribution in [0.2, 0.25) is 0 Å². The summed E-state index contributed by atoms with van der Waals surface area (Å²) in [6.07, 6.45) is 1.11. The lowest BCUT2D eigenvalue weighted by molar-refractivity contribution is -0.442. The Hall–Kier alpha value is -2.42. The fourth-order valence-electron chi connectivity index (χ4n) is 7.23. The van der Waals surface area contributed by atoms with Crippen molar-refractivity contribution >= 4 is 37.1 Å². The summed E-state index contributed by atoms with van der Waals surface area (Å²) in [5, 5.41) is 5.44. The van der Waals surface area contributed by atoms with Crippen molar-refractivity contribution in [3.63, 3.8) is 0 Å². The SMILES string of the molecule is CO[C@]1(C)O[C@@H](CP(c2cc(C)cc(C)c2)c2cc(C)cc(C)c2)[C@H](CP(c2cc(C)cc(C)c2)c2cc(C)cc(C)c2)O[C@@]1(C)OC. The van der Waals surface area contributed by atoms with Crippen LogP contribution in [0.4, 0.5) is 0 Å². The summed E-state index contributed by atoms with van der Waals surface area (Å²) in [4.78, 5) is 0. The highest BCUT2D eigenvalue weighted by Crippen LogP contribution is 2.47. The van der Waals surface area contributed by atoms with Gasteiger partial charge in [0.1, 0.15) is 0 Å². The fourth-order valence-corrected chi connectivity index (χ4v) is 12.9. The second-order valence-corrected chi connectivity index (χ2v) is 18.7. The molecule has 0 aliphatic carbocycles. The quantitative estimate of drug-likeness (QED) is 0.158. The van der Waals surface area contributed by atoms with Crippen LogP contribution in [0.3, 0.4) is 0 Å². The summed E-state index contributed by atoms with van der Waals surface area (Å²) >= 11 is 0. The van der Waals surface area contributed by atoms with Crippen LogP contribution in [-0.2, 0) is 18.9 Å². The summed E-state index contributed by atoms with van der Waals surface area (Å²) in [6.45, 7) is 21.5. The molecule has 256 valence electrons. The average Bonchev–Trinajstić information content (AvgIpc) is 2.98. The van der Waals surface area contributed by atoms with Gasteiger partial charge >= 0.3 is 0 Å². The van der Waals surface area contributed by atoms with Crippen molar-refractivity contribution in [2.24, 2.45) is 0 Å².